The molecule has 0 radical (unpaired) electrons. The summed E-state index contributed by atoms with van der Waals surface area (Å²) in [5.41, 5.74) is 1.57. The number of benzene rings is 2. The number of amides is 1. The van der Waals surface area contributed by atoms with E-state index in [1.807, 2.05) is 42.5 Å². The van der Waals surface area contributed by atoms with Crippen molar-refractivity contribution in [2.45, 2.75) is 0 Å². The first-order valence-electron chi connectivity index (χ1n) is 7.63. The number of furan rings is 1. The van der Waals surface area contributed by atoms with Gasteiger partial charge in [0.2, 0.25) is 5.91 Å². The number of anilines is 1. The van der Waals surface area contributed by atoms with Crippen molar-refractivity contribution in [1.82, 2.24) is 0 Å². The van der Waals surface area contributed by atoms with Crippen molar-refractivity contribution in [3.05, 3.63) is 77.5 Å². The van der Waals surface area contributed by atoms with Gasteiger partial charge in [0.15, 0.2) is 0 Å². The largest absolute Gasteiger partial charge is 0.495 e. The molecule has 0 atom stereocenters. The molecule has 2 aromatic carbocycles. The quantitative estimate of drug-likeness (QED) is 0.636. The van der Waals surface area contributed by atoms with E-state index in [0.717, 1.165) is 11.3 Å². The highest BCUT2D eigenvalue weighted by Crippen LogP contribution is 2.27. The molecule has 0 spiro atoms. The molecule has 3 aromatic rings. The Balaban J connectivity index is 1.65. The van der Waals surface area contributed by atoms with Gasteiger partial charge in [0.05, 0.1) is 12.1 Å². The van der Waals surface area contributed by atoms with Gasteiger partial charge in [-0.2, -0.15) is 0 Å². The third-order valence-corrected chi connectivity index (χ3v) is 3.80. The number of ether oxygens (including phenoxy) is 1. The third-order valence-electron chi connectivity index (χ3n) is 3.50. The summed E-state index contributed by atoms with van der Waals surface area (Å²) in [6.07, 6.45) is 3.03. The molecule has 0 aliphatic heterocycles. The highest BCUT2D eigenvalue weighted by molar-refractivity contribution is 6.32. The number of hydrogen-bond acceptors (Lipinski definition) is 3. The minimum atomic E-state index is -0.279. The lowest BCUT2D eigenvalue weighted by Crippen LogP contribution is -2.07. The Morgan fingerprint density at radius 3 is 2.64 bits per heavy atom. The lowest BCUT2D eigenvalue weighted by atomic mass is 10.2. The monoisotopic (exact) mass is 353 g/mol. The number of halogens is 1. The van der Waals surface area contributed by atoms with Crippen molar-refractivity contribution < 1.29 is 13.9 Å². The summed E-state index contributed by atoms with van der Waals surface area (Å²) in [7, 11) is 1.54. The van der Waals surface area contributed by atoms with E-state index in [-0.39, 0.29) is 5.91 Å². The van der Waals surface area contributed by atoms with E-state index >= 15 is 0 Å². The Morgan fingerprint density at radius 1 is 1.12 bits per heavy atom. The smallest absolute Gasteiger partial charge is 0.248 e. The van der Waals surface area contributed by atoms with Crippen LogP contribution in [0.1, 0.15) is 5.76 Å². The number of nitrogens with one attached hydrogen (secondary N) is 1. The van der Waals surface area contributed by atoms with Gasteiger partial charge in [0, 0.05) is 17.3 Å². The minimum absolute atomic E-state index is 0.279. The highest BCUT2D eigenvalue weighted by atomic mass is 35.5. The van der Waals surface area contributed by atoms with E-state index in [0.29, 0.717) is 22.2 Å². The van der Waals surface area contributed by atoms with Gasteiger partial charge in [0.1, 0.15) is 17.3 Å². The Bertz CT molecular complexity index is 900. The van der Waals surface area contributed by atoms with Crippen LogP contribution in [0.2, 0.25) is 5.02 Å². The van der Waals surface area contributed by atoms with Crippen molar-refractivity contribution in [2.24, 2.45) is 0 Å². The molecule has 126 valence electrons. The molecule has 0 fully saturated rings. The van der Waals surface area contributed by atoms with E-state index in [2.05, 4.69) is 5.32 Å². The SMILES string of the molecule is COc1ccc(NC(=O)/C=C/c2ccc(-c3ccccc3)o2)cc1Cl. The third kappa shape index (κ3) is 4.31. The molecule has 5 heteroatoms. The number of hydrogen-bond donors (Lipinski definition) is 1. The zero-order valence-electron chi connectivity index (χ0n) is 13.5. The van der Waals surface area contributed by atoms with Crippen molar-refractivity contribution in [1.29, 1.82) is 0 Å². The molecule has 1 aromatic heterocycles. The molecular formula is C20H16ClNO3. The van der Waals surface area contributed by atoms with Gasteiger partial charge in [0.25, 0.3) is 0 Å². The average Bonchev–Trinajstić information content (AvgIpc) is 3.10. The topological polar surface area (TPSA) is 51.5 Å². The first-order chi connectivity index (χ1) is 12.2. The van der Waals surface area contributed by atoms with Crippen LogP contribution < -0.4 is 10.1 Å². The zero-order chi connectivity index (χ0) is 17.6. The summed E-state index contributed by atoms with van der Waals surface area (Å²) in [5, 5.41) is 3.17. The van der Waals surface area contributed by atoms with Crippen molar-refractivity contribution in [2.75, 3.05) is 12.4 Å². The van der Waals surface area contributed by atoms with Gasteiger partial charge >= 0.3 is 0 Å². The van der Waals surface area contributed by atoms with Crippen LogP contribution in [0, 0.1) is 0 Å². The average molecular weight is 354 g/mol. The molecule has 4 nitrogen and oxygen atoms in total. The Hall–Kier alpha value is -2.98. The molecule has 1 N–H and O–H groups in total. The predicted octanol–water partition coefficient (Wildman–Crippen LogP) is 5.26. The second-order valence-electron chi connectivity index (χ2n) is 5.24. The minimum Gasteiger partial charge on any atom is -0.495 e. The van der Waals surface area contributed by atoms with Crippen molar-refractivity contribution in [3.8, 4) is 17.1 Å². The molecule has 0 saturated carbocycles. The van der Waals surface area contributed by atoms with Gasteiger partial charge in [-0.15, -0.1) is 0 Å². The van der Waals surface area contributed by atoms with E-state index in [9.17, 15) is 4.79 Å². The Morgan fingerprint density at radius 2 is 1.92 bits per heavy atom. The van der Waals surface area contributed by atoms with E-state index < -0.39 is 0 Å². The summed E-state index contributed by atoms with van der Waals surface area (Å²) < 4.78 is 10.8. The number of carbonyl (C=O) groups is 1. The number of carbonyl (C=O) groups excluding carboxylic acids is 1. The lowest BCUT2D eigenvalue weighted by molar-refractivity contribution is -0.111. The maximum absolute atomic E-state index is 12.0. The van der Waals surface area contributed by atoms with E-state index in [4.69, 9.17) is 20.8 Å². The normalized spacial score (nSPS) is 10.8. The fourth-order valence-electron chi connectivity index (χ4n) is 2.29. The van der Waals surface area contributed by atoms with Crippen LogP contribution in [0.3, 0.4) is 0 Å². The summed E-state index contributed by atoms with van der Waals surface area (Å²) in [4.78, 5) is 12.0. The molecule has 0 unspecified atom stereocenters. The second-order valence-corrected chi connectivity index (χ2v) is 5.65. The summed E-state index contributed by atoms with van der Waals surface area (Å²) in [6.45, 7) is 0. The van der Waals surface area contributed by atoms with Gasteiger partial charge in [-0.1, -0.05) is 41.9 Å². The first-order valence-corrected chi connectivity index (χ1v) is 8.01. The Labute approximate surface area is 150 Å². The molecule has 0 saturated heterocycles. The number of rotatable bonds is 5. The van der Waals surface area contributed by atoms with Crippen molar-refractivity contribution in [3.63, 3.8) is 0 Å². The molecule has 0 aliphatic rings. The maximum atomic E-state index is 12.0. The van der Waals surface area contributed by atoms with Gasteiger partial charge in [-0.25, -0.2) is 0 Å². The Kier molecular flexibility index (Phi) is 5.21. The van der Waals surface area contributed by atoms with Crippen molar-refractivity contribution >= 4 is 29.3 Å². The summed E-state index contributed by atoms with van der Waals surface area (Å²) in [6, 6.07) is 18.5. The molecular weight excluding hydrogens is 338 g/mol. The lowest BCUT2D eigenvalue weighted by Gasteiger charge is -2.06. The van der Waals surface area contributed by atoms with Gasteiger partial charge in [-0.05, 0) is 36.4 Å². The molecule has 25 heavy (non-hydrogen) atoms. The molecule has 3 rings (SSSR count). The van der Waals surface area contributed by atoms with E-state index in [1.54, 1.807) is 24.3 Å². The fourth-order valence-corrected chi connectivity index (χ4v) is 2.54. The predicted molar refractivity (Wildman–Crippen MR) is 99.8 cm³/mol. The van der Waals surface area contributed by atoms with Crippen LogP contribution in [0.5, 0.6) is 5.75 Å². The number of methoxy groups -OCH3 is 1. The van der Waals surface area contributed by atoms with Crippen LogP contribution in [0.25, 0.3) is 17.4 Å². The standard InChI is InChI=1S/C20H16ClNO3/c1-24-19-10-7-15(13-17(19)21)22-20(23)12-9-16-8-11-18(25-16)14-5-3-2-4-6-14/h2-13H,1H3,(H,22,23)/b12-9+. The fraction of sp³-hybridized carbons (Fsp3) is 0.0500. The van der Waals surface area contributed by atoms with Crippen LogP contribution in [-0.4, -0.2) is 13.0 Å². The van der Waals surface area contributed by atoms with E-state index in [1.165, 1.54) is 13.2 Å². The highest BCUT2D eigenvalue weighted by Gasteiger charge is 2.05. The second kappa shape index (κ2) is 7.73. The van der Waals surface area contributed by atoms with Gasteiger partial charge in [-0.3, -0.25) is 4.79 Å². The molecule has 0 aliphatic carbocycles. The van der Waals surface area contributed by atoms with Crippen LogP contribution in [0.15, 0.2) is 71.2 Å². The maximum Gasteiger partial charge on any atom is 0.248 e. The zero-order valence-corrected chi connectivity index (χ0v) is 14.3. The van der Waals surface area contributed by atoms with Gasteiger partial charge < -0.3 is 14.5 Å². The molecule has 1 heterocycles. The molecule has 1 amide bonds. The molecule has 0 bridgehead atoms. The van der Waals surface area contributed by atoms with Crippen LogP contribution in [-0.2, 0) is 4.79 Å². The summed E-state index contributed by atoms with van der Waals surface area (Å²) in [5.74, 6) is 1.63. The van der Waals surface area contributed by atoms with Crippen LogP contribution in [0.4, 0.5) is 5.69 Å². The first kappa shape index (κ1) is 16.9. The van der Waals surface area contributed by atoms with Crippen LogP contribution >= 0.6 is 11.6 Å². The summed E-state index contributed by atoms with van der Waals surface area (Å²) >= 11 is 6.04.